The summed E-state index contributed by atoms with van der Waals surface area (Å²) >= 11 is 5.17. The highest BCUT2D eigenvalue weighted by atomic mass is 32.1. The zero-order valence-corrected chi connectivity index (χ0v) is 17.8. The van der Waals surface area contributed by atoms with Gasteiger partial charge in [0.1, 0.15) is 5.75 Å². The molecule has 0 aliphatic rings. The van der Waals surface area contributed by atoms with E-state index in [4.69, 9.17) is 17.0 Å². The quantitative estimate of drug-likeness (QED) is 0.411. The number of hydrogen-bond acceptors (Lipinski definition) is 4. The predicted molar refractivity (Wildman–Crippen MR) is 123 cm³/mol. The molecule has 0 bridgehead atoms. The van der Waals surface area contributed by atoms with Crippen LogP contribution in [-0.4, -0.2) is 23.5 Å². The second kappa shape index (κ2) is 10.9. The van der Waals surface area contributed by atoms with Crippen molar-refractivity contribution in [3.8, 4) is 5.75 Å². The smallest absolute Gasteiger partial charge is 0.276 e. The van der Waals surface area contributed by atoms with Crippen molar-refractivity contribution in [2.75, 3.05) is 6.61 Å². The van der Waals surface area contributed by atoms with Crippen LogP contribution in [0.25, 0.3) is 0 Å². The molecule has 0 unspecified atom stereocenters. The third-order valence-electron chi connectivity index (χ3n) is 4.53. The number of hydrazine groups is 1. The van der Waals surface area contributed by atoms with Crippen LogP contribution in [-0.2, 0) is 9.59 Å². The lowest BCUT2D eigenvalue weighted by molar-refractivity contribution is -0.124. The fourth-order valence-electron chi connectivity index (χ4n) is 3.03. The van der Waals surface area contributed by atoms with E-state index in [1.165, 1.54) is 0 Å². The second-order valence-electron chi connectivity index (χ2n) is 6.80. The zero-order valence-electron chi connectivity index (χ0n) is 17.0. The van der Waals surface area contributed by atoms with Crippen molar-refractivity contribution < 1.29 is 14.3 Å². The molecule has 0 atom stereocenters. The number of carbonyl (C=O) groups is 2. The standard InChI is InChI=1S/C24H23N3O3S/c1-17-10-8-9-15-20(17)30-16-21(28)26-27-24(31)25-23(29)22(18-11-4-2-5-12-18)19-13-6-3-7-14-19/h2-15,22H,16H2,1H3,(H,26,28)(H2,25,27,29,31). The molecule has 0 radical (unpaired) electrons. The first-order valence-electron chi connectivity index (χ1n) is 9.72. The van der Waals surface area contributed by atoms with Crippen LogP contribution in [0.3, 0.4) is 0 Å². The monoisotopic (exact) mass is 433 g/mol. The van der Waals surface area contributed by atoms with Crippen molar-refractivity contribution in [3.63, 3.8) is 0 Å². The molecule has 31 heavy (non-hydrogen) atoms. The molecule has 0 aliphatic heterocycles. The Morgan fingerprint density at radius 3 is 1.97 bits per heavy atom. The maximum atomic E-state index is 13.0. The summed E-state index contributed by atoms with van der Waals surface area (Å²) < 4.78 is 5.48. The van der Waals surface area contributed by atoms with Gasteiger partial charge in [0.15, 0.2) is 11.7 Å². The molecule has 3 aromatic carbocycles. The van der Waals surface area contributed by atoms with Gasteiger partial charge in [-0.05, 0) is 41.9 Å². The van der Waals surface area contributed by atoms with Crippen LogP contribution in [0.5, 0.6) is 5.75 Å². The number of hydrogen-bond donors (Lipinski definition) is 3. The molecular weight excluding hydrogens is 410 g/mol. The zero-order chi connectivity index (χ0) is 22.1. The van der Waals surface area contributed by atoms with Crippen molar-refractivity contribution in [2.45, 2.75) is 12.8 Å². The van der Waals surface area contributed by atoms with E-state index < -0.39 is 11.8 Å². The summed E-state index contributed by atoms with van der Waals surface area (Å²) in [6, 6.07) is 26.3. The molecule has 3 N–H and O–H groups in total. The van der Waals surface area contributed by atoms with Gasteiger partial charge >= 0.3 is 0 Å². The lowest BCUT2D eigenvalue weighted by Crippen LogP contribution is -2.50. The van der Waals surface area contributed by atoms with E-state index in [1.807, 2.05) is 85.8 Å². The first-order chi connectivity index (χ1) is 15.0. The SMILES string of the molecule is Cc1ccccc1OCC(=O)NNC(=S)NC(=O)C(c1ccccc1)c1ccccc1. The van der Waals surface area contributed by atoms with Gasteiger partial charge < -0.3 is 10.1 Å². The first kappa shape index (κ1) is 22.0. The van der Waals surface area contributed by atoms with E-state index >= 15 is 0 Å². The van der Waals surface area contributed by atoms with Gasteiger partial charge in [-0.1, -0.05) is 78.9 Å². The molecule has 0 fully saturated rings. The topological polar surface area (TPSA) is 79.5 Å². The maximum absolute atomic E-state index is 13.0. The Kier molecular flexibility index (Phi) is 7.73. The summed E-state index contributed by atoms with van der Waals surface area (Å²) in [5.74, 6) is -0.646. The normalized spacial score (nSPS) is 10.3. The van der Waals surface area contributed by atoms with Crippen LogP contribution in [0.2, 0.25) is 0 Å². The number of rotatable bonds is 6. The average molecular weight is 434 g/mol. The summed E-state index contributed by atoms with van der Waals surface area (Å²) in [6.45, 7) is 1.71. The summed E-state index contributed by atoms with van der Waals surface area (Å²) in [5, 5.41) is 2.63. The Morgan fingerprint density at radius 2 is 1.39 bits per heavy atom. The third kappa shape index (κ3) is 6.38. The molecule has 158 valence electrons. The molecule has 0 aliphatic carbocycles. The number of ether oxygens (including phenoxy) is 1. The van der Waals surface area contributed by atoms with E-state index in [-0.39, 0.29) is 17.6 Å². The Hall–Kier alpha value is -3.71. The van der Waals surface area contributed by atoms with E-state index in [0.29, 0.717) is 5.75 Å². The van der Waals surface area contributed by atoms with E-state index in [9.17, 15) is 9.59 Å². The van der Waals surface area contributed by atoms with Gasteiger partial charge in [0.05, 0.1) is 5.92 Å². The van der Waals surface area contributed by atoms with Gasteiger partial charge in [-0.25, -0.2) is 0 Å². The lowest BCUT2D eigenvalue weighted by Gasteiger charge is -2.19. The number of amides is 2. The minimum atomic E-state index is -0.540. The highest BCUT2D eigenvalue weighted by molar-refractivity contribution is 7.80. The van der Waals surface area contributed by atoms with Crippen molar-refractivity contribution in [1.29, 1.82) is 0 Å². The number of nitrogens with one attached hydrogen (secondary N) is 3. The van der Waals surface area contributed by atoms with E-state index in [1.54, 1.807) is 6.07 Å². The first-order valence-corrected chi connectivity index (χ1v) is 10.1. The molecule has 7 heteroatoms. The molecule has 0 aromatic heterocycles. The number of benzene rings is 3. The van der Waals surface area contributed by atoms with Crippen molar-refractivity contribution in [3.05, 3.63) is 102 Å². The molecule has 0 saturated carbocycles. The third-order valence-corrected chi connectivity index (χ3v) is 4.74. The Balaban J connectivity index is 1.55. The molecular formula is C24H23N3O3S. The number of aryl methyl sites for hydroxylation is 1. The van der Waals surface area contributed by atoms with Crippen LogP contribution in [0.1, 0.15) is 22.6 Å². The molecule has 3 aromatic rings. The fourth-order valence-corrected chi connectivity index (χ4v) is 3.18. The lowest BCUT2D eigenvalue weighted by atomic mass is 9.90. The summed E-state index contributed by atoms with van der Waals surface area (Å²) in [5.41, 5.74) is 7.57. The van der Waals surface area contributed by atoms with Crippen LogP contribution in [0.4, 0.5) is 0 Å². The number of carbonyl (C=O) groups excluding carboxylic acids is 2. The van der Waals surface area contributed by atoms with Crippen LogP contribution >= 0.6 is 12.2 Å². The average Bonchev–Trinajstić information content (AvgIpc) is 2.79. The van der Waals surface area contributed by atoms with Crippen LogP contribution in [0, 0.1) is 6.92 Å². The number of para-hydroxylation sites is 1. The van der Waals surface area contributed by atoms with Gasteiger partial charge in [0, 0.05) is 0 Å². The van der Waals surface area contributed by atoms with E-state index in [0.717, 1.165) is 16.7 Å². The molecule has 0 spiro atoms. The van der Waals surface area contributed by atoms with Gasteiger partial charge in [-0.3, -0.25) is 20.4 Å². The Bertz CT molecular complexity index is 1000. The largest absolute Gasteiger partial charge is 0.483 e. The maximum Gasteiger partial charge on any atom is 0.276 e. The van der Waals surface area contributed by atoms with Gasteiger partial charge in [0.2, 0.25) is 5.91 Å². The predicted octanol–water partition coefficient (Wildman–Crippen LogP) is 3.23. The number of thiocarbonyl (C=S) groups is 1. The second-order valence-corrected chi connectivity index (χ2v) is 7.21. The highest BCUT2D eigenvalue weighted by Gasteiger charge is 2.23. The molecule has 2 amide bonds. The highest BCUT2D eigenvalue weighted by Crippen LogP contribution is 2.24. The van der Waals surface area contributed by atoms with Gasteiger partial charge in [-0.2, -0.15) is 0 Å². The molecule has 0 saturated heterocycles. The van der Waals surface area contributed by atoms with E-state index in [2.05, 4.69) is 16.2 Å². The molecule has 6 nitrogen and oxygen atoms in total. The van der Waals surface area contributed by atoms with Gasteiger partial charge in [-0.15, -0.1) is 0 Å². The van der Waals surface area contributed by atoms with Crippen molar-refractivity contribution in [1.82, 2.24) is 16.2 Å². The summed E-state index contributed by atoms with van der Waals surface area (Å²) in [7, 11) is 0. The van der Waals surface area contributed by atoms with Crippen LogP contribution < -0.4 is 20.9 Å². The van der Waals surface area contributed by atoms with Crippen molar-refractivity contribution in [2.24, 2.45) is 0 Å². The van der Waals surface area contributed by atoms with Crippen molar-refractivity contribution >= 4 is 29.1 Å². The minimum Gasteiger partial charge on any atom is -0.483 e. The summed E-state index contributed by atoms with van der Waals surface area (Å²) in [6.07, 6.45) is 0. The molecule has 3 rings (SSSR count). The Labute approximate surface area is 186 Å². The molecule has 0 heterocycles. The minimum absolute atomic E-state index is 0.00824. The van der Waals surface area contributed by atoms with Crippen LogP contribution in [0.15, 0.2) is 84.9 Å². The summed E-state index contributed by atoms with van der Waals surface area (Å²) in [4.78, 5) is 25.0. The van der Waals surface area contributed by atoms with Gasteiger partial charge in [0.25, 0.3) is 5.91 Å². The Morgan fingerprint density at radius 1 is 0.839 bits per heavy atom. The fraction of sp³-hybridized carbons (Fsp3) is 0.125.